The first-order chi connectivity index (χ1) is 38.1. The number of phenolic OH excluding ortho intramolecular Hbond substituents is 29. The van der Waals surface area contributed by atoms with Crippen LogP contribution in [0.2, 0.25) is 0 Å². The van der Waals surface area contributed by atoms with Crippen LogP contribution in [0.4, 0.5) is 0 Å². The van der Waals surface area contributed by atoms with Crippen molar-refractivity contribution in [1.29, 1.82) is 0 Å². The Labute approximate surface area is 451 Å². The van der Waals surface area contributed by atoms with Gasteiger partial charge in [0, 0.05) is 5.56 Å². The zero-order chi connectivity index (χ0) is 60.9. The van der Waals surface area contributed by atoms with Crippen LogP contribution in [0, 0.1) is 0 Å². The van der Waals surface area contributed by atoms with Crippen LogP contribution < -0.4 is 16.4 Å². The largest absolute Gasteiger partial charge is 0.506 e. The smallest absolute Gasteiger partial charge is 0.208 e. The molecule has 0 aliphatic heterocycles. The fraction of sp³-hybridized carbons (Fsp3) is 0. The van der Waals surface area contributed by atoms with E-state index in [-0.39, 0.29) is 9.13 Å². The van der Waals surface area contributed by atoms with E-state index < -0.39 is 271 Å². The number of fused-ring (bicyclic) bond motifs is 6. The Morgan fingerprint density at radius 2 is 0.354 bits per heavy atom. The fourth-order valence-electron chi connectivity index (χ4n) is 9.97. The van der Waals surface area contributed by atoms with Crippen molar-refractivity contribution in [2.45, 2.75) is 0 Å². The minimum atomic E-state index is -1.92. The number of hydrogen-bond acceptors (Lipinski definition) is 29. The maximum atomic E-state index is 12.6. The molecule has 414 valence electrons. The first kappa shape index (κ1) is 53.2. The number of benzene rings is 8. The molecule has 10 aromatic rings. The van der Waals surface area contributed by atoms with Gasteiger partial charge in [-0.2, -0.15) is 0 Å². The van der Waals surface area contributed by atoms with Crippen molar-refractivity contribution in [2.75, 3.05) is 0 Å². The van der Waals surface area contributed by atoms with Crippen LogP contribution in [0.3, 0.4) is 0 Å². The molecule has 0 bridgehead atoms. The lowest BCUT2D eigenvalue weighted by molar-refractivity contribution is 0.327. The maximum Gasteiger partial charge on any atom is 0.208 e. The van der Waals surface area contributed by atoms with Gasteiger partial charge in [0.1, 0.15) is 74.3 Å². The topological polar surface area (TPSA) is 597 Å². The van der Waals surface area contributed by atoms with Gasteiger partial charge in [-0.05, 0) is 5.46 Å². The maximum absolute atomic E-state index is 12.6. The van der Waals surface area contributed by atoms with Crippen LogP contribution in [0.25, 0.3) is 88.4 Å². The molecule has 0 aliphatic rings. The van der Waals surface area contributed by atoms with E-state index in [0.717, 1.165) is 0 Å². The van der Waals surface area contributed by atoms with Crippen LogP contribution in [0.5, 0.6) is 167 Å². The summed E-state index contributed by atoms with van der Waals surface area (Å²) in [6, 6.07) is 0. The molecule has 82 heavy (non-hydrogen) atoms. The van der Waals surface area contributed by atoms with E-state index in [2.05, 4.69) is 0 Å². The molecule has 2 aromatic heterocycles. The van der Waals surface area contributed by atoms with Crippen molar-refractivity contribution in [3.05, 3.63) is 0 Å². The summed E-state index contributed by atoms with van der Waals surface area (Å²) >= 11 is 0. The fourth-order valence-corrected chi connectivity index (χ4v) is 9.97. The summed E-state index contributed by atoms with van der Waals surface area (Å²) in [5.41, 5.74) is -20.5. The van der Waals surface area contributed by atoms with Gasteiger partial charge in [0.25, 0.3) is 0 Å². The van der Waals surface area contributed by atoms with Crippen LogP contribution >= 0.6 is 0 Å². The van der Waals surface area contributed by atoms with Crippen LogP contribution in [-0.2, 0) is 0 Å². The molecule has 2 heterocycles. The van der Waals surface area contributed by atoms with Gasteiger partial charge in [-0.1, -0.05) is 10.9 Å². The highest BCUT2D eigenvalue weighted by atomic mass is 16.4. The third-order valence-corrected chi connectivity index (χ3v) is 13.8. The van der Waals surface area contributed by atoms with Crippen molar-refractivity contribution in [3.8, 4) is 211 Å². The molecule has 0 atom stereocenters. The number of hydrogen-bond donors (Lipinski definition) is 29. The number of nitrogens with zero attached hydrogens (tertiary/aromatic N) is 2. The minimum absolute atomic E-state index is 0.0164. The Kier molecular flexibility index (Phi) is 10.8. The average molecular weight is 1130 g/mol. The van der Waals surface area contributed by atoms with Crippen LogP contribution in [0.1, 0.15) is 0 Å². The first-order valence-corrected chi connectivity index (χ1v) is 21.9. The molecule has 34 heteroatoms. The van der Waals surface area contributed by atoms with Gasteiger partial charge in [0.2, 0.25) is 51.7 Å². The second kappa shape index (κ2) is 16.6. The monoisotopic (exact) mass is 1130 g/mol. The molecule has 8 aromatic carbocycles. The number of rotatable bonds is 5. The Hall–Kier alpha value is -12.2. The quantitative estimate of drug-likeness (QED) is 0.0641. The molecule has 0 fully saturated rings. The lowest BCUT2D eigenvalue weighted by atomic mass is 9.78. The molecule has 0 saturated carbocycles. The van der Waals surface area contributed by atoms with Gasteiger partial charge in [-0.25, -0.2) is 0 Å². The predicted molar refractivity (Wildman–Crippen MR) is 276 cm³/mol. The molecule has 29 N–H and O–H groups in total. The van der Waals surface area contributed by atoms with Crippen molar-refractivity contribution in [2.24, 2.45) is 0 Å². The normalized spacial score (nSPS) is 11.8. The molecular weight excluding hydrogens is 1100 g/mol. The second-order valence-electron chi connectivity index (χ2n) is 17.9. The molecule has 31 nitrogen and oxygen atoms in total. The Balaban J connectivity index is 1.49. The molecule has 0 unspecified atom stereocenters. The minimum Gasteiger partial charge on any atom is -0.506 e. The molecular formula is C48H29B3N2O29. The zero-order valence-corrected chi connectivity index (χ0v) is 39.6. The third-order valence-electron chi connectivity index (χ3n) is 13.8. The van der Waals surface area contributed by atoms with Crippen molar-refractivity contribution in [3.63, 3.8) is 0 Å². The van der Waals surface area contributed by atoms with E-state index in [1.807, 2.05) is 0 Å². The Morgan fingerprint density at radius 3 is 0.683 bits per heavy atom. The Bertz CT molecular complexity index is 4310. The lowest BCUT2D eigenvalue weighted by Crippen LogP contribution is -2.30. The highest BCUT2D eigenvalue weighted by Crippen LogP contribution is 2.68. The van der Waals surface area contributed by atoms with Gasteiger partial charge < -0.3 is 148 Å². The molecule has 6 radical (unpaired) electrons. The standard InChI is InChI=1S/C48H29B3N2O29/c49-11-1(24(58)40(74)44(78)31(11)65)6-20(54)4-5-17(53(16(4)35(69)25(6)59)19-38(72)45(79)48(82)46(80)39(19)73)36(70)27(61)8(22(5)56)7-21(55)2-3-15(34(68)28(62)9(23(3)57)10-29(63)41(75)47(81)42(76)30(10)64)52(14(2)33(67)26(7)60)18-12(50)13(51)32(66)43(77)37(18)71/h54-82H. The zero-order valence-electron chi connectivity index (χ0n) is 39.6. The summed E-state index contributed by atoms with van der Waals surface area (Å²) in [6.07, 6.45) is 0. The summed E-state index contributed by atoms with van der Waals surface area (Å²) in [5.74, 6) is -49.2. The summed E-state index contributed by atoms with van der Waals surface area (Å²) in [5, 5.41) is 322. The van der Waals surface area contributed by atoms with Crippen molar-refractivity contribution < 1.29 is 148 Å². The number of aromatic nitrogens is 2. The molecule has 10 rings (SSSR count). The first-order valence-electron chi connectivity index (χ1n) is 21.9. The van der Waals surface area contributed by atoms with E-state index in [9.17, 15) is 148 Å². The van der Waals surface area contributed by atoms with Crippen molar-refractivity contribution >= 4 is 83.5 Å². The summed E-state index contributed by atoms with van der Waals surface area (Å²) in [7, 11) is 17.9. The third kappa shape index (κ3) is 6.03. The number of phenols is 29. The van der Waals surface area contributed by atoms with E-state index in [4.69, 9.17) is 23.5 Å². The highest BCUT2D eigenvalue weighted by Gasteiger charge is 2.42. The average Bonchev–Trinajstić information content (AvgIpc) is 1.64. The number of aromatic hydroxyl groups is 29. The summed E-state index contributed by atoms with van der Waals surface area (Å²) in [4.78, 5) is 0. The van der Waals surface area contributed by atoms with Gasteiger partial charge in [0.05, 0.1) is 55.0 Å². The van der Waals surface area contributed by atoms with E-state index in [1.165, 1.54) is 0 Å². The SMILES string of the molecule is [B]c1c([B])c(-n2c3c(O)c(O)c(-c4c(O)c(O)c(O)c(O)c4O)c(O)c3c3c(O)c(-c4c(O)c(O)c5c(c4O)c4c(O)c(-c6c([B])c(O)c(O)c(O)c6O)c(O)c(O)c4n5-c4c(O)c(O)c(O)c(O)c4O)c(O)c(O)c32)c(O)c(O)c1O. The van der Waals surface area contributed by atoms with Gasteiger partial charge >= 0.3 is 0 Å². The van der Waals surface area contributed by atoms with E-state index in [0.29, 0.717) is 0 Å². The molecule has 0 amide bonds. The summed E-state index contributed by atoms with van der Waals surface area (Å²) < 4.78 is 0.195. The summed E-state index contributed by atoms with van der Waals surface area (Å²) in [6.45, 7) is 0. The predicted octanol–water partition coefficient (Wildman–Crippen LogP) is 0.726. The van der Waals surface area contributed by atoms with Crippen molar-refractivity contribution in [1.82, 2.24) is 9.13 Å². The van der Waals surface area contributed by atoms with Crippen LogP contribution in [-0.4, -0.2) is 181 Å². The molecule has 0 saturated heterocycles. The van der Waals surface area contributed by atoms with Gasteiger partial charge in [-0.15, -0.1) is 0 Å². The molecule has 0 aliphatic carbocycles. The van der Waals surface area contributed by atoms with Crippen LogP contribution in [0.15, 0.2) is 0 Å². The van der Waals surface area contributed by atoms with Gasteiger partial charge in [0.15, 0.2) is 92.0 Å². The van der Waals surface area contributed by atoms with Gasteiger partial charge in [-0.3, -0.25) is 9.13 Å². The Morgan fingerprint density at radius 1 is 0.159 bits per heavy atom. The second-order valence-corrected chi connectivity index (χ2v) is 17.9. The molecule has 0 spiro atoms. The lowest BCUT2D eigenvalue weighted by Gasteiger charge is -2.20. The highest BCUT2D eigenvalue weighted by molar-refractivity contribution is 6.52. The van der Waals surface area contributed by atoms with E-state index in [1.54, 1.807) is 0 Å². The van der Waals surface area contributed by atoms with E-state index >= 15 is 0 Å².